The van der Waals surface area contributed by atoms with Gasteiger partial charge in [-0.15, -0.1) is 0 Å². The summed E-state index contributed by atoms with van der Waals surface area (Å²) in [6.45, 7) is 7.26. The summed E-state index contributed by atoms with van der Waals surface area (Å²) in [5.41, 5.74) is -0.838. The fraction of sp³-hybridized carbons (Fsp3) is 0.733. The highest BCUT2D eigenvalue weighted by Gasteiger charge is 2.52. The molecule has 1 aromatic heterocycles. The van der Waals surface area contributed by atoms with Crippen LogP contribution in [0.15, 0.2) is 4.52 Å². The van der Waals surface area contributed by atoms with E-state index in [1.807, 2.05) is 13.8 Å². The summed E-state index contributed by atoms with van der Waals surface area (Å²) >= 11 is 0. The first-order valence-corrected chi connectivity index (χ1v) is 7.97. The Morgan fingerprint density at radius 1 is 1.43 bits per heavy atom. The predicted molar refractivity (Wildman–Crippen MR) is 81.5 cm³/mol. The highest BCUT2D eigenvalue weighted by molar-refractivity contribution is 6.06. The Bertz CT molecular complexity index is 630. The first-order valence-electron chi connectivity index (χ1n) is 7.97. The van der Waals surface area contributed by atoms with Crippen molar-refractivity contribution in [1.82, 2.24) is 25.3 Å². The number of imide groups is 1. The molecule has 2 saturated heterocycles. The third kappa shape index (κ3) is 2.60. The van der Waals surface area contributed by atoms with Crippen LogP contribution < -0.4 is 5.32 Å². The smallest absolute Gasteiger partial charge is 0.324 e. The molecule has 2 aliphatic rings. The molecule has 3 amide bonds. The van der Waals surface area contributed by atoms with E-state index in [-0.39, 0.29) is 23.9 Å². The molecule has 8 heteroatoms. The van der Waals surface area contributed by atoms with Crippen LogP contribution in [0.5, 0.6) is 0 Å². The molecule has 0 bridgehead atoms. The van der Waals surface area contributed by atoms with Gasteiger partial charge in [-0.1, -0.05) is 5.16 Å². The van der Waals surface area contributed by atoms with E-state index in [1.54, 1.807) is 6.92 Å². The van der Waals surface area contributed by atoms with Crippen LogP contribution in [0, 0.1) is 12.8 Å². The number of urea groups is 1. The fourth-order valence-corrected chi connectivity index (χ4v) is 3.55. The number of likely N-dealkylation sites (tertiary alicyclic amines) is 1. The quantitative estimate of drug-likeness (QED) is 0.838. The minimum Gasteiger partial charge on any atom is -0.338 e. The topological polar surface area (TPSA) is 91.6 Å². The molecule has 3 atom stereocenters. The molecular weight excluding hydrogens is 298 g/mol. The summed E-state index contributed by atoms with van der Waals surface area (Å²) in [7, 11) is 1.52. The standard InChI is InChI=1S/C15H23N5O3/c1-9(12-16-10(2)18-23-12)20-7-5-6-11(8-20)15(3)13(21)19(4)14(22)17-15/h9,11H,5-8H2,1-4H3,(H,17,22)/t9-,11+,15-/m0/s1. The molecule has 0 radical (unpaired) electrons. The van der Waals surface area contributed by atoms with Crippen LogP contribution in [0.2, 0.25) is 0 Å². The van der Waals surface area contributed by atoms with Crippen molar-refractivity contribution in [2.75, 3.05) is 20.1 Å². The molecule has 8 nitrogen and oxygen atoms in total. The van der Waals surface area contributed by atoms with E-state index < -0.39 is 5.54 Å². The molecule has 0 aromatic carbocycles. The highest BCUT2D eigenvalue weighted by Crippen LogP contribution is 2.34. The predicted octanol–water partition coefficient (Wildman–Crippen LogP) is 1.09. The van der Waals surface area contributed by atoms with Crippen molar-refractivity contribution in [2.24, 2.45) is 5.92 Å². The van der Waals surface area contributed by atoms with Gasteiger partial charge in [0.05, 0.1) is 6.04 Å². The van der Waals surface area contributed by atoms with E-state index in [4.69, 9.17) is 4.52 Å². The van der Waals surface area contributed by atoms with Gasteiger partial charge in [-0.05, 0) is 40.2 Å². The number of amides is 3. The average Bonchev–Trinajstić information content (AvgIpc) is 3.06. The van der Waals surface area contributed by atoms with Gasteiger partial charge < -0.3 is 9.84 Å². The molecule has 0 saturated carbocycles. The second kappa shape index (κ2) is 5.59. The summed E-state index contributed by atoms with van der Waals surface area (Å²) in [5, 5.41) is 6.71. The van der Waals surface area contributed by atoms with Crippen LogP contribution in [-0.4, -0.2) is 57.6 Å². The van der Waals surface area contributed by atoms with Gasteiger partial charge in [0.1, 0.15) is 5.54 Å². The Morgan fingerprint density at radius 2 is 2.17 bits per heavy atom. The molecule has 1 N–H and O–H groups in total. The maximum Gasteiger partial charge on any atom is 0.324 e. The van der Waals surface area contributed by atoms with E-state index >= 15 is 0 Å². The SMILES string of the molecule is Cc1noc([C@H](C)N2CCC[C@@H]([C@]3(C)NC(=O)N(C)C3=O)C2)n1. The van der Waals surface area contributed by atoms with Crippen LogP contribution in [0.3, 0.4) is 0 Å². The number of piperidine rings is 1. The number of hydrogen-bond donors (Lipinski definition) is 1. The maximum atomic E-state index is 12.5. The van der Waals surface area contributed by atoms with Crippen molar-refractivity contribution in [2.45, 2.75) is 45.2 Å². The number of nitrogens with one attached hydrogen (secondary N) is 1. The summed E-state index contributed by atoms with van der Waals surface area (Å²) in [6, 6.07) is -0.331. The first kappa shape index (κ1) is 15.9. The number of rotatable bonds is 3. The van der Waals surface area contributed by atoms with Gasteiger partial charge in [0.25, 0.3) is 5.91 Å². The van der Waals surface area contributed by atoms with Gasteiger partial charge in [0.15, 0.2) is 5.82 Å². The lowest BCUT2D eigenvalue weighted by Gasteiger charge is -2.41. The van der Waals surface area contributed by atoms with E-state index in [9.17, 15) is 9.59 Å². The van der Waals surface area contributed by atoms with Crippen molar-refractivity contribution in [3.05, 3.63) is 11.7 Å². The summed E-state index contributed by atoms with van der Waals surface area (Å²) < 4.78 is 5.27. The minimum absolute atomic E-state index is 0.00691. The molecule has 3 heterocycles. The molecule has 2 aliphatic heterocycles. The molecule has 1 aromatic rings. The summed E-state index contributed by atoms with van der Waals surface area (Å²) in [6.07, 6.45) is 1.87. The number of nitrogens with zero attached hydrogens (tertiary/aromatic N) is 4. The number of aromatic nitrogens is 2. The Hall–Kier alpha value is -1.96. The first-order chi connectivity index (χ1) is 10.8. The van der Waals surface area contributed by atoms with Crippen molar-refractivity contribution < 1.29 is 14.1 Å². The highest BCUT2D eigenvalue weighted by atomic mass is 16.5. The third-order valence-corrected chi connectivity index (χ3v) is 5.14. The van der Waals surface area contributed by atoms with E-state index in [1.165, 1.54) is 11.9 Å². The van der Waals surface area contributed by atoms with E-state index in [0.29, 0.717) is 18.3 Å². The lowest BCUT2D eigenvalue weighted by Crippen LogP contribution is -2.56. The van der Waals surface area contributed by atoms with Gasteiger partial charge >= 0.3 is 6.03 Å². The van der Waals surface area contributed by atoms with Crippen LogP contribution in [-0.2, 0) is 4.79 Å². The second-order valence-electron chi connectivity index (χ2n) is 6.69. The Labute approximate surface area is 135 Å². The Morgan fingerprint density at radius 3 is 2.74 bits per heavy atom. The van der Waals surface area contributed by atoms with E-state index in [0.717, 1.165) is 19.4 Å². The summed E-state index contributed by atoms with van der Waals surface area (Å²) in [4.78, 5) is 32.0. The van der Waals surface area contributed by atoms with E-state index in [2.05, 4.69) is 20.4 Å². The monoisotopic (exact) mass is 321 g/mol. The minimum atomic E-state index is -0.838. The second-order valence-corrected chi connectivity index (χ2v) is 6.69. The maximum absolute atomic E-state index is 12.5. The average molecular weight is 321 g/mol. The number of carbonyl (C=O) groups excluding carboxylic acids is 2. The normalized spacial score (nSPS) is 30.6. The van der Waals surface area contributed by atoms with Gasteiger partial charge in [0, 0.05) is 19.5 Å². The molecule has 2 fully saturated rings. The van der Waals surface area contributed by atoms with Crippen LogP contribution in [0.4, 0.5) is 4.79 Å². The Balaban J connectivity index is 1.76. The van der Waals surface area contributed by atoms with Gasteiger partial charge in [0.2, 0.25) is 5.89 Å². The van der Waals surface area contributed by atoms with Crippen LogP contribution >= 0.6 is 0 Å². The Kier molecular flexibility index (Phi) is 3.87. The fourth-order valence-electron chi connectivity index (χ4n) is 3.55. The van der Waals surface area contributed by atoms with Gasteiger partial charge in [-0.3, -0.25) is 14.6 Å². The van der Waals surface area contributed by atoms with Crippen molar-refractivity contribution in [3.8, 4) is 0 Å². The van der Waals surface area contributed by atoms with Gasteiger partial charge in [-0.2, -0.15) is 4.98 Å². The number of likely N-dealkylation sites (N-methyl/N-ethyl adjacent to an activating group) is 1. The molecule has 0 unspecified atom stereocenters. The molecule has 3 rings (SSSR count). The number of hydrogen-bond acceptors (Lipinski definition) is 6. The molecular formula is C15H23N5O3. The van der Waals surface area contributed by atoms with Crippen LogP contribution in [0.25, 0.3) is 0 Å². The zero-order chi connectivity index (χ0) is 16.8. The molecule has 126 valence electrons. The number of aryl methyl sites for hydroxylation is 1. The zero-order valence-electron chi connectivity index (χ0n) is 14.0. The van der Waals surface area contributed by atoms with Crippen molar-refractivity contribution in [3.63, 3.8) is 0 Å². The number of carbonyl (C=O) groups is 2. The zero-order valence-corrected chi connectivity index (χ0v) is 14.0. The lowest BCUT2D eigenvalue weighted by atomic mass is 9.79. The lowest BCUT2D eigenvalue weighted by molar-refractivity contribution is -0.132. The van der Waals surface area contributed by atoms with Crippen molar-refractivity contribution in [1.29, 1.82) is 0 Å². The molecule has 23 heavy (non-hydrogen) atoms. The third-order valence-electron chi connectivity index (χ3n) is 5.14. The van der Waals surface area contributed by atoms with Crippen molar-refractivity contribution >= 4 is 11.9 Å². The van der Waals surface area contributed by atoms with Crippen LogP contribution in [0.1, 0.15) is 44.4 Å². The molecule has 0 aliphatic carbocycles. The largest absolute Gasteiger partial charge is 0.338 e. The van der Waals surface area contributed by atoms with Gasteiger partial charge in [-0.25, -0.2) is 4.79 Å². The molecule has 0 spiro atoms. The summed E-state index contributed by atoms with van der Waals surface area (Å²) in [5.74, 6) is 1.11.